The van der Waals surface area contributed by atoms with Crippen LogP contribution in [0.3, 0.4) is 0 Å². The van der Waals surface area contributed by atoms with Crippen molar-refractivity contribution in [1.29, 1.82) is 0 Å². The van der Waals surface area contributed by atoms with Crippen molar-refractivity contribution in [3.8, 4) is 0 Å². The van der Waals surface area contributed by atoms with Crippen LogP contribution in [-0.2, 0) is 9.53 Å². The van der Waals surface area contributed by atoms with Gasteiger partial charge in [0.2, 0.25) is 0 Å². The Kier molecular flexibility index (Phi) is 4.33. The molecule has 1 aromatic rings. The molecule has 0 heterocycles. The molecule has 0 atom stereocenters. The minimum atomic E-state index is -0.793. The van der Waals surface area contributed by atoms with Gasteiger partial charge in [-0.1, -0.05) is 0 Å². The van der Waals surface area contributed by atoms with E-state index in [-0.39, 0.29) is 17.9 Å². The first-order valence-corrected chi connectivity index (χ1v) is 4.83. The highest BCUT2D eigenvalue weighted by Crippen LogP contribution is 2.19. The van der Waals surface area contributed by atoms with E-state index in [1.54, 1.807) is 6.92 Å². The van der Waals surface area contributed by atoms with Gasteiger partial charge in [0.05, 0.1) is 17.6 Å². The first-order valence-electron chi connectivity index (χ1n) is 4.83. The van der Waals surface area contributed by atoms with Crippen LogP contribution in [0.25, 0.3) is 5.83 Å². The van der Waals surface area contributed by atoms with Crippen molar-refractivity contribution in [2.45, 2.75) is 6.92 Å². The van der Waals surface area contributed by atoms with Crippen LogP contribution < -0.4 is 0 Å². The molecule has 1 rings (SSSR count). The molecule has 0 N–H and O–H groups in total. The molecule has 6 heteroatoms. The van der Waals surface area contributed by atoms with Crippen molar-refractivity contribution < 1.29 is 18.8 Å². The highest BCUT2D eigenvalue weighted by Gasteiger charge is 2.08. The maximum atomic E-state index is 13.4. The molecule has 1 aromatic carbocycles. The van der Waals surface area contributed by atoms with E-state index >= 15 is 0 Å². The number of nitro groups is 1. The van der Waals surface area contributed by atoms with Gasteiger partial charge in [-0.05, 0) is 19.1 Å². The van der Waals surface area contributed by atoms with E-state index in [2.05, 4.69) is 4.74 Å². The highest BCUT2D eigenvalue weighted by atomic mass is 19.1. The maximum Gasteiger partial charge on any atom is 0.333 e. The monoisotopic (exact) mass is 239 g/mol. The maximum absolute atomic E-state index is 13.4. The van der Waals surface area contributed by atoms with Gasteiger partial charge in [0.1, 0.15) is 5.83 Å². The Balaban J connectivity index is 2.86. The van der Waals surface area contributed by atoms with Crippen LogP contribution in [0.4, 0.5) is 10.1 Å². The molecule has 0 amide bonds. The molecular weight excluding hydrogens is 229 g/mol. The lowest BCUT2D eigenvalue weighted by atomic mass is 10.2. The van der Waals surface area contributed by atoms with Crippen molar-refractivity contribution >= 4 is 17.5 Å². The predicted molar refractivity (Wildman–Crippen MR) is 58.8 cm³/mol. The second-order valence-electron chi connectivity index (χ2n) is 3.05. The van der Waals surface area contributed by atoms with Crippen molar-refractivity contribution in [3.63, 3.8) is 0 Å². The molecule has 0 bridgehead atoms. The lowest BCUT2D eigenvalue weighted by Gasteiger charge is -1.98. The smallest absolute Gasteiger partial charge is 0.333 e. The van der Waals surface area contributed by atoms with Crippen LogP contribution >= 0.6 is 0 Å². The SMILES string of the molecule is CCOC(=O)/C=C(/F)c1ccc([N+](=O)[O-])cc1. The number of hydrogen-bond acceptors (Lipinski definition) is 4. The first kappa shape index (κ1) is 12.8. The highest BCUT2D eigenvalue weighted by molar-refractivity contribution is 5.89. The zero-order valence-corrected chi connectivity index (χ0v) is 9.05. The van der Waals surface area contributed by atoms with E-state index in [0.29, 0.717) is 6.08 Å². The van der Waals surface area contributed by atoms with Gasteiger partial charge in [-0.3, -0.25) is 10.1 Å². The number of non-ortho nitro benzene ring substituents is 1. The summed E-state index contributed by atoms with van der Waals surface area (Å²) in [6, 6.07) is 4.77. The van der Waals surface area contributed by atoms with Crippen LogP contribution in [0.5, 0.6) is 0 Å². The van der Waals surface area contributed by atoms with Crippen LogP contribution in [0.1, 0.15) is 12.5 Å². The normalized spacial score (nSPS) is 11.1. The Bertz CT molecular complexity index is 453. The van der Waals surface area contributed by atoms with Crippen molar-refractivity contribution in [3.05, 3.63) is 46.0 Å². The summed E-state index contributed by atoms with van der Waals surface area (Å²) < 4.78 is 18.0. The zero-order chi connectivity index (χ0) is 12.8. The van der Waals surface area contributed by atoms with Gasteiger partial charge in [-0.25, -0.2) is 9.18 Å². The molecule has 0 unspecified atom stereocenters. The Morgan fingerprint density at radius 2 is 2.06 bits per heavy atom. The van der Waals surface area contributed by atoms with E-state index < -0.39 is 16.7 Å². The quantitative estimate of drug-likeness (QED) is 0.350. The van der Waals surface area contributed by atoms with Crippen LogP contribution in [0.2, 0.25) is 0 Å². The standard InChI is InChI=1S/C11H10FNO4/c1-2-17-11(14)7-10(12)8-3-5-9(6-4-8)13(15)16/h3-7H,2H2,1H3/b10-7+. The second-order valence-corrected chi connectivity index (χ2v) is 3.05. The van der Waals surface area contributed by atoms with Gasteiger partial charge in [0.25, 0.3) is 5.69 Å². The number of nitro benzene ring substituents is 1. The third-order valence-corrected chi connectivity index (χ3v) is 1.89. The summed E-state index contributed by atoms with van der Waals surface area (Å²) >= 11 is 0. The summed E-state index contributed by atoms with van der Waals surface area (Å²) in [5.41, 5.74) is -0.0543. The van der Waals surface area contributed by atoms with Gasteiger partial charge in [-0.15, -0.1) is 0 Å². The van der Waals surface area contributed by atoms with Crippen molar-refractivity contribution in [1.82, 2.24) is 0 Å². The summed E-state index contributed by atoms with van der Waals surface area (Å²) in [6.45, 7) is 1.76. The second kappa shape index (κ2) is 5.74. The lowest BCUT2D eigenvalue weighted by molar-refractivity contribution is -0.384. The number of nitrogens with zero attached hydrogens (tertiary/aromatic N) is 1. The predicted octanol–water partition coefficient (Wildman–Crippen LogP) is 2.47. The summed E-state index contributed by atoms with van der Waals surface area (Å²) in [5, 5.41) is 10.4. The molecule has 5 nitrogen and oxygen atoms in total. The average molecular weight is 239 g/mol. The molecule has 0 fully saturated rings. The van der Waals surface area contributed by atoms with Crippen LogP contribution in [0.15, 0.2) is 30.3 Å². The van der Waals surface area contributed by atoms with E-state index in [1.807, 2.05) is 0 Å². The number of rotatable bonds is 4. The average Bonchev–Trinajstić information content (AvgIpc) is 2.29. The minimum absolute atomic E-state index is 0.0867. The number of carbonyl (C=O) groups is 1. The Morgan fingerprint density at radius 3 is 2.53 bits per heavy atom. The third kappa shape index (κ3) is 3.67. The van der Waals surface area contributed by atoms with E-state index in [1.165, 1.54) is 12.1 Å². The molecule has 0 saturated carbocycles. The zero-order valence-electron chi connectivity index (χ0n) is 9.05. The lowest BCUT2D eigenvalue weighted by Crippen LogP contribution is -1.99. The largest absolute Gasteiger partial charge is 0.463 e. The van der Waals surface area contributed by atoms with Gasteiger partial charge in [-0.2, -0.15) is 0 Å². The van der Waals surface area contributed by atoms with Gasteiger partial charge in [0, 0.05) is 17.7 Å². The minimum Gasteiger partial charge on any atom is -0.463 e. The number of esters is 1. The summed E-state index contributed by atoms with van der Waals surface area (Å²) in [4.78, 5) is 20.7. The first-order chi connectivity index (χ1) is 8.04. The molecule has 0 spiro atoms. The van der Waals surface area contributed by atoms with Crippen molar-refractivity contribution in [2.24, 2.45) is 0 Å². The molecule has 90 valence electrons. The van der Waals surface area contributed by atoms with E-state index in [4.69, 9.17) is 0 Å². The number of ether oxygens (including phenoxy) is 1. The number of hydrogen-bond donors (Lipinski definition) is 0. The molecule has 0 saturated heterocycles. The van der Waals surface area contributed by atoms with Gasteiger partial charge < -0.3 is 4.74 Å². The molecule has 0 radical (unpaired) electrons. The topological polar surface area (TPSA) is 69.4 Å². The molecule has 0 aromatic heterocycles. The Labute approximate surface area is 96.7 Å². The summed E-state index contributed by atoms with van der Waals surface area (Å²) in [5.74, 6) is -1.58. The van der Waals surface area contributed by atoms with Crippen LogP contribution in [-0.4, -0.2) is 17.5 Å². The molecule has 0 aliphatic rings. The fraction of sp³-hybridized carbons (Fsp3) is 0.182. The van der Waals surface area contributed by atoms with E-state index in [0.717, 1.165) is 12.1 Å². The molecule has 17 heavy (non-hydrogen) atoms. The molecule has 0 aliphatic carbocycles. The van der Waals surface area contributed by atoms with E-state index in [9.17, 15) is 19.3 Å². The molecular formula is C11H10FNO4. The fourth-order valence-electron chi connectivity index (χ4n) is 1.11. The van der Waals surface area contributed by atoms with Crippen LogP contribution in [0, 0.1) is 10.1 Å². The number of benzene rings is 1. The number of halogens is 1. The summed E-state index contributed by atoms with van der Waals surface area (Å²) in [6.07, 6.45) is 0.699. The number of carbonyl (C=O) groups excluding carboxylic acids is 1. The summed E-state index contributed by atoms with van der Waals surface area (Å²) in [7, 11) is 0. The Hall–Kier alpha value is -2.24. The molecule has 0 aliphatic heterocycles. The van der Waals surface area contributed by atoms with Gasteiger partial charge in [0.15, 0.2) is 0 Å². The van der Waals surface area contributed by atoms with Gasteiger partial charge >= 0.3 is 5.97 Å². The van der Waals surface area contributed by atoms with Crippen molar-refractivity contribution in [2.75, 3.05) is 6.61 Å². The fourth-order valence-corrected chi connectivity index (χ4v) is 1.11. The Morgan fingerprint density at radius 1 is 1.47 bits per heavy atom. The third-order valence-electron chi connectivity index (χ3n) is 1.89.